The number of aromatic nitrogens is 2. The number of esters is 1. The first-order valence-corrected chi connectivity index (χ1v) is 7.24. The summed E-state index contributed by atoms with van der Waals surface area (Å²) < 4.78 is 10.3. The Balaban J connectivity index is 1.66. The van der Waals surface area contributed by atoms with Gasteiger partial charge in [-0.15, -0.1) is 0 Å². The van der Waals surface area contributed by atoms with Gasteiger partial charge in [0.15, 0.2) is 6.61 Å². The number of benzene rings is 1. The molecule has 0 bridgehead atoms. The van der Waals surface area contributed by atoms with Crippen LogP contribution in [0.5, 0.6) is 0 Å². The van der Waals surface area contributed by atoms with Crippen LogP contribution >= 0.6 is 15.9 Å². The lowest BCUT2D eigenvalue weighted by atomic mass is 10.2. The van der Waals surface area contributed by atoms with Crippen molar-refractivity contribution in [2.45, 2.75) is 0 Å². The third kappa shape index (κ3) is 3.34. The SMILES string of the molecule is O=C(COC(=O)c1ccco1)Nc1cc2[nH]c(=O)[nH]c2cc1Br. The second-order valence-electron chi connectivity index (χ2n) is 4.56. The molecular formula is C14H10BrN3O5. The van der Waals surface area contributed by atoms with Crippen molar-refractivity contribution in [1.29, 1.82) is 0 Å². The Morgan fingerprint density at radius 3 is 2.70 bits per heavy atom. The van der Waals surface area contributed by atoms with Gasteiger partial charge < -0.3 is 24.4 Å². The molecule has 2 aromatic heterocycles. The number of amides is 1. The van der Waals surface area contributed by atoms with Crippen molar-refractivity contribution in [1.82, 2.24) is 9.97 Å². The van der Waals surface area contributed by atoms with Crippen molar-refractivity contribution in [2.24, 2.45) is 0 Å². The number of furan rings is 1. The summed E-state index contributed by atoms with van der Waals surface area (Å²) in [5.41, 5.74) is 1.24. The van der Waals surface area contributed by atoms with E-state index >= 15 is 0 Å². The van der Waals surface area contributed by atoms with Crippen LogP contribution in [-0.4, -0.2) is 28.5 Å². The van der Waals surface area contributed by atoms with Crippen molar-refractivity contribution in [2.75, 3.05) is 11.9 Å². The predicted octanol–water partition coefficient (Wildman–Crippen LogP) is 2.01. The number of carbonyl (C=O) groups is 2. The Labute approximate surface area is 137 Å². The molecule has 3 aromatic rings. The molecule has 1 aromatic carbocycles. The van der Waals surface area contributed by atoms with E-state index in [-0.39, 0.29) is 11.4 Å². The molecule has 0 spiro atoms. The summed E-state index contributed by atoms with van der Waals surface area (Å²) in [5, 5.41) is 2.58. The quantitative estimate of drug-likeness (QED) is 0.599. The molecule has 0 aliphatic rings. The van der Waals surface area contributed by atoms with Gasteiger partial charge in [0.05, 0.1) is 23.0 Å². The second-order valence-corrected chi connectivity index (χ2v) is 5.41. The Hall–Kier alpha value is -2.81. The highest BCUT2D eigenvalue weighted by atomic mass is 79.9. The van der Waals surface area contributed by atoms with Crippen molar-refractivity contribution in [3.8, 4) is 0 Å². The molecule has 0 saturated heterocycles. The molecule has 0 saturated carbocycles. The molecule has 9 heteroatoms. The van der Waals surface area contributed by atoms with E-state index in [0.717, 1.165) is 0 Å². The Morgan fingerprint density at radius 1 is 1.26 bits per heavy atom. The van der Waals surface area contributed by atoms with Gasteiger partial charge in [0.25, 0.3) is 5.91 Å². The average Bonchev–Trinajstić information content (AvgIpc) is 3.14. The van der Waals surface area contributed by atoms with Gasteiger partial charge in [0.1, 0.15) is 0 Å². The van der Waals surface area contributed by atoms with Crippen LogP contribution in [0.4, 0.5) is 5.69 Å². The lowest BCUT2D eigenvalue weighted by Crippen LogP contribution is -2.21. The number of fused-ring (bicyclic) bond motifs is 1. The van der Waals surface area contributed by atoms with Crippen LogP contribution < -0.4 is 11.0 Å². The van der Waals surface area contributed by atoms with Crippen molar-refractivity contribution in [3.05, 3.63) is 51.2 Å². The normalized spacial score (nSPS) is 10.7. The largest absolute Gasteiger partial charge is 0.457 e. The van der Waals surface area contributed by atoms with Crippen LogP contribution in [0.25, 0.3) is 11.0 Å². The van der Waals surface area contributed by atoms with E-state index in [1.54, 1.807) is 18.2 Å². The summed E-state index contributed by atoms with van der Waals surface area (Å²) in [6.45, 7) is -0.465. The number of hydrogen-bond donors (Lipinski definition) is 3. The summed E-state index contributed by atoms with van der Waals surface area (Å²) in [6, 6.07) is 6.22. The third-order valence-corrected chi connectivity index (χ3v) is 3.59. The summed E-state index contributed by atoms with van der Waals surface area (Å²) in [6.07, 6.45) is 1.33. The molecule has 3 N–H and O–H groups in total. The van der Waals surface area contributed by atoms with Crippen LogP contribution in [0.15, 0.2) is 44.2 Å². The topological polar surface area (TPSA) is 117 Å². The first-order valence-electron chi connectivity index (χ1n) is 6.45. The van der Waals surface area contributed by atoms with E-state index in [0.29, 0.717) is 21.2 Å². The monoisotopic (exact) mass is 379 g/mol. The average molecular weight is 380 g/mol. The Bertz CT molecular complexity index is 926. The van der Waals surface area contributed by atoms with E-state index < -0.39 is 18.5 Å². The molecule has 0 aliphatic heterocycles. The first-order chi connectivity index (χ1) is 11.0. The number of ether oxygens (including phenoxy) is 1. The minimum Gasteiger partial charge on any atom is -0.457 e. The number of imidazole rings is 1. The molecule has 8 nitrogen and oxygen atoms in total. The number of nitrogens with one attached hydrogen (secondary N) is 3. The highest BCUT2D eigenvalue weighted by Gasteiger charge is 2.14. The lowest BCUT2D eigenvalue weighted by molar-refractivity contribution is -0.119. The van der Waals surface area contributed by atoms with Crippen molar-refractivity contribution in [3.63, 3.8) is 0 Å². The number of hydrogen-bond acceptors (Lipinski definition) is 5. The van der Waals surface area contributed by atoms with Crippen LogP contribution in [-0.2, 0) is 9.53 Å². The molecule has 0 fully saturated rings. The van der Waals surface area contributed by atoms with Gasteiger partial charge in [-0.05, 0) is 40.2 Å². The molecule has 3 rings (SSSR count). The zero-order valence-electron chi connectivity index (χ0n) is 11.5. The van der Waals surface area contributed by atoms with Crippen LogP contribution in [0.2, 0.25) is 0 Å². The van der Waals surface area contributed by atoms with Gasteiger partial charge in [-0.2, -0.15) is 0 Å². The smallest absolute Gasteiger partial charge is 0.374 e. The molecular weight excluding hydrogens is 370 g/mol. The van der Waals surface area contributed by atoms with E-state index in [9.17, 15) is 14.4 Å². The maximum Gasteiger partial charge on any atom is 0.374 e. The molecule has 118 valence electrons. The third-order valence-electron chi connectivity index (χ3n) is 2.93. The number of halogens is 1. The fourth-order valence-electron chi connectivity index (χ4n) is 1.93. The van der Waals surface area contributed by atoms with Gasteiger partial charge >= 0.3 is 11.7 Å². The number of H-pyrrole nitrogens is 2. The van der Waals surface area contributed by atoms with E-state index in [1.807, 2.05) is 0 Å². The molecule has 0 radical (unpaired) electrons. The highest BCUT2D eigenvalue weighted by molar-refractivity contribution is 9.10. The van der Waals surface area contributed by atoms with Gasteiger partial charge in [-0.3, -0.25) is 4.79 Å². The number of rotatable bonds is 4. The summed E-state index contributed by atoms with van der Waals surface area (Å²) >= 11 is 3.29. The van der Waals surface area contributed by atoms with Gasteiger partial charge in [0.2, 0.25) is 5.76 Å². The summed E-state index contributed by atoms with van der Waals surface area (Å²) in [5.74, 6) is -1.23. The van der Waals surface area contributed by atoms with Gasteiger partial charge in [-0.25, -0.2) is 9.59 Å². The molecule has 23 heavy (non-hydrogen) atoms. The second kappa shape index (κ2) is 6.13. The first kappa shape index (κ1) is 15.1. The Kier molecular flexibility index (Phi) is 4.02. The maximum atomic E-state index is 11.9. The molecule has 0 unspecified atom stereocenters. The predicted molar refractivity (Wildman–Crippen MR) is 84.2 cm³/mol. The highest BCUT2D eigenvalue weighted by Crippen LogP contribution is 2.26. The number of carbonyl (C=O) groups excluding carboxylic acids is 2. The maximum absolute atomic E-state index is 11.9. The van der Waals surface area contributed by atoms with E-state index in [4.69, 9.17) is 9.15 Å². The number of aromatic amines is 2. The molecule has 0 atom stereocenters. The number of anilines is 1. The van der Waals surface area contributed by atoms with Crippen molar-refractivity contribution < 1.29 is 18.7 Å². The fourth-order valence-corrected chi connectivity index (χ4v) is 2.38. The molecule has 2 heterocycles. The van der Waals surface area contributed by atoms with E-state index in [1.165, 1.54) is 12.3 Å². The van der Waals surface area contributed by atoms with Crippen LogP contribution in [0, 0.1) is 0 Å². The van der Waals surface area contributed by atoms with Crippen LogP contribution in [0.3, 0.4) is 0 Å². The standard InChI is InChI=1S/C14H10BrN3O5/c15-7-4-9-10(18-14(21)17-9)5-8(7)16-12(19)6-23-13(20)11-2-1-3-22-11/h1-5H,6H2,(H,16,19)(H2,17,18,21). The lowest BCUT2D eigenvalue weighted by Gasteiger charge is -2.08. The molecule has 0 aliphatic carbocycles. The summed E-state index contributed by atoms with van der Waals surface area (Å²) in [7, 11) is 0. The fraction of sp³-hybridized carbons (Fsp3) is 0.0714. The minimum atomic E-state index is -0.727. The summed E-state index contributed by atoms with van der Waals surface area (Å²) in [4.78, 5) is 39.9. The molecule has 1 amide bonds. The zero-order chi connectivity index (χ0) is 16.4. The Morgan fingerprint density at radius 2 is 2.00 bits per heavy atom. The van der Waals surface area contributed by atoms with E-state index in [2.05, 4.69) is 31.2 Å². The zero-order valence-corrected chi connectivity index (χ0v) is 13.1. The van der Waals surface area contributed by atoms with Crippen LogP contribution in [0.1, 0.15) is 10.6 Å². The minimum absolute atomic E-state index is 0.0188. The van der Waals surface area contributed by atoms with Gasteiger partial charge in [-0.1, -0.05) is 0 Å². The van der Waals surface area contributed by atoms with Crippen molar-refractivity contribution >= 4 is 44.5 Å². The van der Waals surface area contributed by atoms with Gasteiger partial charge in [0, 0.05) is 4.47 Å².